The van der Waals surface area contributed by atoms with E-state index >= 15 is 0 Å². The van der Waals surface area contributed by atoms with Crippen molar-refractivity contribution in [3.8, 4) is 5.75 Å². The van der Waals surface area contributed by atoms with Gasteiger partial charge in [0.1, 0.15) is 12.4 Å². The molecule has 0 radical (unpaired) electrons. The van der Waals surface area contributed by atoms with Crippen LogP contribution in [0, 0.1) is 5.92 Å². The van der Waals surface area contributed by atoms with E-state index in [1.165, 1.54) is 25.7 Å². The van der Waals surface area contributed by atoms with Gasteiger partial charge in [0.2, 0.25) is 0 Å². The maximum Gasteiger partial charge on any atom is 0.138 e. The molecule has 2 rings (SSSR count). The van der Waals surface area contributed by atoms with Crippen LogP contribution >= 0.6 is 15.9 Å². The molecule has 1 aliphatic rings. The monoisotopic (exact) mass is 312 g/mol. The minimum atomic E-state index is 0.669. The number of aromatic nitrogens is 1. The summed E-state index contributed by atoms with van der Waals surface area (Å²) >= 11 is 3.38. The first-order valence-corrected chi connectivity index (χ1v) is 7.52. The summed E-state index contributed by atoms with van der Waals surface area (Å²) in [6, 6.07) is 2.61. The van der Waals surface area contributed by atoms with Gasteiger partial charge in [-0.1, -0.05) is 19.8 Å². The highest BCUT2D eigenvalue weighted by atomic mass is 79.9. The second-order valence-electron chi connectivity index (χ2n) is 5.01. The predicted octanol–water partition coefficient (Wildman–Crippen LogP) is 3.39. The van der Waals surface area contributed by atoms with Crippen molar-refractivity contribution in [3.63, 3.8) is 0 Å². The lowest BCUT2D eigenvalue weighted by Crippen LogP contribution is -2.39. The molecule has 1 aromatic rings. The van der Waals surface area contributed by atoms with Crippen LogP contribution in [0.2, 0.25) is 0 Å². The molecule has 0 aromatic carbocycles. The standard InChI is InChI=1S/C14H21BrN2O/c1-11-4-2-3-5-14(11)17-6-7-18-13-8-12(15)9-16-10-13/h8-11,14,17H,2-7H2,1H3. The first-order valence-electron chi connectivity index (χ1n) is 6.72. The second-order valence-corrected chi connectivity index (χ2v) is 5.93. The molecule has 2 atom stereocenters. The first kappa shape index (κ1) is 13.8. The van der Waals surface area contributed by atoms with E-state index in [1.807, 2.05) is 6.07 Å². The van der Waals surface area contributed by atoms with E-state index in [0.717, 1.165) is 22.7 Å². The van der Waals surface area contributed by atoms with Crippen LogP contribution in [-0.2, 0) is 0 Å². The molecule has 1 heterocycles. The highest BCUT2D eigenvalue weighted by molar-refractivity contribution is 9.10. The summed E-state index contributed by atoms with van der Waals surface area (Å²) in [6.07, 6.45) is 8.91. The molecule has 100 valence electrons. The zero-order valence-electron chi connectivity index (χ0n) is 10.9. The number of halogens is 1. The fraction of sp³-hybridized carbons (Fsp3) is 0.643. The zero-order valence-corrected chi connectivity index (χ0v) is 12.4. The first-order chi connectivity index (χ1) is 8.75. The SMILES string of the molecule is CC1CCCCC1NCCOc1cncc(Br)c1. The number of nitrogens with one attached hydrogen (secondary N) is 1. The van der Waals surface area contributed by atoms with Gasteiger partial charge in [-0.15, -0.1) is 0 Å². The summed E-state index contributed by atoms with van der Waals surface area (Å²) in [5.74, 6) is 1.62. The molecule has 1 aromatic heterocycles. The molecule has 0 bridgehead atoms. The van der Waals surface area contributed by atoms with Crippen LogP contribution < -0.4 is 10.1 Å². The lowest BCUT2D eigenvalue weighted by molar-refractivity contribution is 0.251. The minimum Gasteiger partial charge on any atom is -0.491 e. The van der Waals surface area contributed by atoms with E-state index in [1.54, 1.807) is 12.4 Å². The summed E-state index contributed by atoms with van der Waals surface area (Å²) in [7, 11) is 0. The fourth-order valence-electron chi connectivity index (χ4n) is 2.50. The molecular weight excluding hydrogens is 292 g/mol. The average Bonchev–Trinajstić information content (AvgIpc) is 2.37. The molecule has 18 heavy (non-hydrogen) atoms. The van der Waals surface area contributed by atoms with Crippen LogP contribution in [0.3, 0.4) is 0 Å². The lowest BCUT2D eigenvalue weighted by atomic mass is 9.86. The van der Waals surface area contributed by atoms with E-state index in [0.29, 0.717) is 12.6 Å². The smallest absolute Gasteiger partial charge is 0.138 e. The van der Waals surface area contributed by atoms with Crippen molar-refractivity contribution in [2.24, 2.45) is 5.92 Å². The third kappa shape index (κ3) is 4.25. The summed E-state index contributed by atoms with van der Waals surface area (Å²) in [5.41, 5.74) is 0. The number of nitrogens with zero attached hydrogens (tertiary/aromatic N) is 1. The predicted molar refractivity (Wildman–Crippen MR) is 76.9 cm³/mol. The van der Waals surface area contributed by atoms with E-state index < -0.39 is 0 Å². The van der Waals surface area contributed by atoms with Gasteiger partial charge in [-0.3, -0.25) is 4.98 Å². The quantitative estimate of drug-likeness (QED) is 0.846. The van der Waals surface area contributed by atoms with Crippen LogP contribution in [0.25, 0.3) is 0 Å². The van der Waals surface area contributed by atoms with Crippen molar-refractivity contribution >= 4 is 15.9 Å². The van der Waals surface area contributed by atoms with Gasteiger partial charge < -0.3 is 10.1 Å². The second kappa shape index (κ2) is 7.10. The normalized spacial score (nSPS) is 23.9. The van der Waals surface area contributed by atoms with Gasteiger partial charge in [0.15, 0.2) is 0 Å². The van der Waals surface area contributed by atoms with Crippen molar-refractivity contribution in [1.82, 2.24) is 10.3 Å². The Balaban J connectivity index is 1.66. The Kier molecular flexibility index (Phi) is 5.45. The van der Waals surface area contributed by atoms with Crippen LogP contribution in [0.1, 0.15) is 32.6 Å². The van der Waals surface area contributed by atoms with Crippen LogP contribution in [0.5, 0.6) is 5.75 Å². The summed E-state index contributed by atoms with van der Waals surface area (Å²) in [4.78, 5) is 4.07. The Morgan fingerprint density at radius 2 is 2.22 bits per heavy atom. The number of ether oxygens (including phenoxy) is 1. The Bertz CT molecular complexity index is 373. The molecule has 2 unspecified atom stereocenters. The van der Waals surface area contributed by atoms with Crippen LogP contribution in [0.4, 0.5) is 0 Å². The van der Waals surface area contributed by atoms with Crippen molar-refractivity contribution in [3.05, 3.63) is 22.9 Å². The van der Waals surface area contributed by atoms with E-state index in [-0.39, 0.29) is 0 Å². The van der Waals surface area contributed by atoms with Gasteiger partial charge >= 0.3 is 0 Å². The topological polar surface area (TPSA) is 34.1 Å². The molecule has 1 N–H and O–H groups in total. The molecule has 0 spiro atoms. The Morgan fingerprint density at radius 1 is 1.39 bits per heavy atom. The number of rotatable bonds is 5. The molecule has 0 amide bonds. The van der Waals surface area contributed by atoms with Crippen LogP contribution in [0.15, 0.2) is 22.9 Å². The van der Waals surface area contributed by atoms with Gasteiger partial charge in [0.05, 0.1) is 6.20 Å². The minimum absolute atomic E-state index is 0.669. The molecule has 4 heteroatoms. The summed E-state index contributed by atoms with van der Waals surface area (Å²) in [6.45, 7) is 3.94. The number of hydrogen-bond donors (Lipinski definition) is 1. The molecule has 0 saturated heterocycles. The van der Waals surface area contributed by atoms with E-state index in [4.69, 9.17) is 4.74 Å². The van der Waals surface area contributed by atoms with Crippen molar-refractivity contribution in [2.75, 3.05) is 13.2 Å². The van der Waals surface area contributed by atoms with Gasteiger partial charge in [-0.25, -0.2) is 0 Å². The highest BCUT2D eigenvalue weighted by Gasteiger charge is 2.20. The summed E-state index contributed by atoms with van der Waals surface area (Å²) < 4.78 is 6.61. The Labute approximate surface area is 117 Å². The van der Waals surface area contributed by atoms with Crippen molar-refractivity contribution in [1.29, 1.82) is 0 Å². The Hall–Kier alpha value is -0.610. The highest BCUT2D eigenvalue weighted by Crippen LogP contribution is 2.23. The average molecular weight is 313 g/mol. The zero-order chi connectivity index (χ0) is 12.8. The van der Waals surface area contributed by atoms with Crippen molar-refractivity contribution < 1.29 is 4.74 Å². The van der Waals surface area contributed by atoms with Gasteiger partial charge in [-0.05, 0) is 40.8 Å². The van der Waals surface area contributed by atoms with Gasteiger partial charge in [0.25, 0.3) is 0 Å². The maximum atomic E-state index is 5.66. The van der Waals surface area contributed by atoms with Crippen molar-refractivity contribution in [2.45, 2.75) is 38.6 Å². The molecule has 1 saturated carbocycles. The number of pyridine rings is 1. The molecule has 0 aliphatic heterocycles. The van der Waals surface area contributed by atoms with Gasteiger partial charge in [-0.2, -0.15) is 0 Å². The molecule has 1 fully saturated rings. The maximum absolute atomic E-state index is 5.66. The fourth-order valence-corrected chi connectivity index (χ4v) is 2.85. The Morgan fingerprint density at radius 3 is 3.00 bits per heavy atom. The molecular formula is C14H21BrN2O. The lowest BCUT2D eigenvalue weighted by Gasteiger charge is -2.29. The summed E-state index contributed by atoms with van der Waals surface area (Å²) in [5, 5.41) is 3.60. The third-order valence-electron chi connectivity index (χ3n) is 3.57. The van der Waals surface area contributed by atoms with Gasteiger partial charge in [0, 0.05) is 23.3 Å². The van der Waals surface area contributed by atoms with Crippen LogP contribution in [-0.4, -0.2) is 24.2 Å². The number of hydrogen-bond acceptors (Lipinski definition) is 3. The largest absolute Gasteiger partial charge is 0.491 e. The molecule has 1 aliphatic carbocycles. The third-order valence-corrected chi connectivity index (χ3v) is 4.00. The van der Waals surface area contributed by atoms with E-state index in [9.17, 15) is 0 Å². The molecule has 3 nitrogen and oxygen atoms in total. The van der Waals surface area contributed by atoms with E-state index in [2.05, 4.69) is 33.2 Å².